The molecule has 0 saturated heterocycles. The van der Waals surface area contributed by atoms with Gasteiger partial charge >= 0.3 is 0 Å². The minimum atomic E-state index is -0.372. The molecule has 144 valence electrons. The average Bonchev–Trinajstić information content (AvgIpc) is 3.03. The van der Waals surface area contributed by atoms with Gasteiger partial charge in [-0.25, -0.2) is 0 Å². The van der Waals surface area contributed by atoms with Gasteiger partial charge in [-0.05, 0) is 59.1 Å². The lowest BCUT2D eigenvalue weighted by Crippen LogP contribution is -2.38. The zero-order valence-electron chi connectivity index (χ0n) is 15.3. The van der Waals surface area contributed by atoms with E-state index in [4.69, 9.17) is 4.74 Å². The number of likely N-dealkylation sites (N-methyl/N-ethyl adjacent to an activating group) is 1. The monoisotopic (exact) mass is 451 g/mol. The fourth-order valence-electron chi connectivity index (χ4n) is 3.63. The van der Waals surface area contributed by atoms with Gasteiger partial charge in [0.1, 0.15) is 11.2 Å². The van der Waals surface area contributed by atoms with Gasteiger partial charge in [-0.3, -0.25) is 9.69 Å². The van der Waals surface area contributed by atoms with Crippen LogP contribution in [-0.4, -0.2) is 35.6 Å². The molecule has 1 atom stereocenters. The van der Waals surface area contributed by atoms with Crippen molar-refractivity contribution in [3.63, 3.8) is 0 Å². The Labute approximate surface area is 170 Å². The van der Waals surface area contributed by atoms with Crippen molar-refractivity contribution < 1.29 is 14.6 Å². The lowest BCUT2D eigenvalue weighted by molar-refractivity contribution is 0.0934. The second-order valence-electron chi connectivity index (χ2n) is 6.66. The quantitative estimate of drug-likeness (QED) is 0.658. The number of phenolic OH excluding ortho intramolecular Hbond substituents is 1. The number of aromatic hydroxyl groups is 1. The first-order valence-corrected chi connectivity index (χ1v) is 10.7. The number of rotatable bonds is 4. The van der Waals surface area contributed by atoms with Crippen LogP contribution < -0.4 is 15.4 Å². The normalized spacial score (nSPS) is 19.1. The molecular formula is C19H22BrN3O3S. The van der Waals surface area contributed by atoms with Crippen LogP contribution in [0.3, 0.4) is 0 Å². The first-order valence-electron chi connectivity index (χ1n) is 9.11. The van der Waals surface area contributed by atoms with E-state index in [0.717, 1.165) is 42.2 Å². The van der Waals surface area contributed by atoms with Crippen LogP contribution >= 0.6 is 27.3 Å². The zero-order valence-corrected chi connectivity index (χ0v) is 17.7. The van der Waals surface area contributed by atoms with Crippen molar-refractivity contribution in [1.82, 2.24) is 10.2 Å². The maximum atomic E-state index is 12.9. The van der Waals surface area contributed by atoms with Crippen LogP contribution in [0.15, 0.2) is 16.6 Å². The summed E-state index contributed by atoms with van der Waals surface area (Å²) in [5.74, 6) is 0.417. The van der Waals surface area contributed by atoms with Gasteiger partial charge in [0, 0.05) is 18.0 Å². The Morgan fingerprint density at radius 2 is 2.19 bits per heavy atom. The summed E-state index contributed by atoms with van der Waals surface area (Å²) in [6.45, 7) is 7.39. The van der Waals surface area contributed by atoms with E-state index in [1.807, 2.05) is 6.92 Å². The van der Waals surface area contributed by atoms with Crippen molar-refractivity contribution in [2.75, 3.05) is 25.0 Å². The Balaban J connectivity index is 1.67. The molecule has 1 amide bonds. The summed E-state index contributed by atoms with van der Waals surface area (Å²) in [7, 11) is 0. The first kappa shape index (κ1) is 18.6. The minimum absolute atomic E-state index is 0.0432. The van der Waals surface area contributed by atoms with Crippen LogP contribution in [0, 0.1) is 0 Å². The van der Waals surface area contributed by atoms with E-state index in [2.05, 4.69) is 38.4 Å². The summed E-state index contributed by atoms with van der Waals surface area (Å²) in [6.07, 6.45) is 0.539. The van der Waals surface area contributed by atoms with E-state index in [1.54, 1.807) is 23.5 Å². The SMILES string of the molecule is CCOc1cc([C@@H]2NC(=O)c3c(sc4c3CCN(CC)C4)N2)cc(Br)c1O. The lowest BCUT2D eigenvalue weighted by atomic mass is 10.0. The number of nitrogens with zero attached hydrogens (tertiary/aromatic N) is 1. The molecule has 8 heteroatoms. The van der Waals surface area contributed by atoms with E-state index >= 15 is 0 Å². The summed E-state index contributed by atoms with van der Waals surface area (Å²) in [5, 5.41) is 17.6. The second kappa shape index (κ2) is 7.33. The second-order valence-corrected chi connectivity index (χ2v) is 8.62. The molecule has 2 aliphatic heterocycles. The fourth-order valence-corrected chi connectivity index (χ4v) is 5.41. The molecule has 2 aliphatic rings. The Morgan fingerprint density at radius 3 is 2.93 bits per heavy atom. The zero-order chi connectivity index (χ0) is 19.1. The largest absolute Gasteiger partial charge is 0.503 e. The van der Waals surface area contributed by atoms with Gasteiger partial charge in [0.2, 0.25) is 0 Å². The predicted molar refractivity (Wildman–Crippen MR) is 110 cm³/mol. The van der Waals surface area contributed by atoms with Crippen LogP contribution in [0.2, 0.25) is 0 Å². The van der Waals surface area contributed by atoms with Gasteiger partial charge in [-0.15, -0.1) is 11.3 Å². The molecule has 27 heavy (non-hydrogen) atoms. The van der Waals surface area contributed by atoms with Gasteiger partial charge in [0.05, 0.1) is 16.6 Å². The van der Waals surface area contributed by atoms with Gasteiger partial charge in [-0.2, -0.15) is 0 Å². The molecule has 6 nitrogen and oxygen atoms in total. The summed E-state index contributed by atoms with van der Waals surface area (Å²) in [4.78, 5) is 16.5. The van der Waals surface area contributed by atoms with Crippen LogP contribution in [0.1, 0.15) is 46.4 Å². The van der Waals surface area contributed by atoms with Crippen molar-refractivity contribution >= 4 is 38.2 Å². The molecule has 0 unspecified atom stereocenters. The highest BCUT2D eigenvalue weighted by molar-refractivity contribution is 9.10. The number of nitrogens with one attached hydrogen (secondary N) is 2. The number of amides is 1. The lowest BCUT2D eigenvalue weighted by Gasteiger charge is -2.28. The molecule has 1 aromatic carbocycles. The summed E-state index contributed by atoms with van der Waals surface area (Å²) >= 11 is 5.04. The smallest absolute Gasteiger partial charge is 0.256 e. The molecule has 0 bridgehead atoms. The highest BCUT2D eigenvalue weighted by Gasteiger charge is 2.33. The maximum absolute atomic E-state index is 12.9. The number of phenols is 1. The van der Waals surface area contributed by atoms with Gasteiger partial charge in [0.25, 0.3) is 5.91 Å². The van der Waals surface area contributed by atoms with E-state index in [0.29, 0.717) is 16.8 Å². The molecule has 3 heterocycles. The summed E-state index contributed by atoms with van der Waals surface area (Å²) in [5.41, 5.74) is 2.80. The summed E-state index contributed by atoms with van der Waals surface area (Å²) in [6, 6.07) is 3.56. The number of hydrogen-bond donors (Lipinski definition) is 3. The third-order valence-corrected chi connectivity index (χ3v) is 6.80. The molecular weight excluding hydrogens is 430 g/mol. The van der Waals surface area contributed by atoms with Crippen LogP contribution in [0.5, 0.6) is 11.5 Å². The predicted octanol–water partition coefficient (Wildman–Crippen LogP) is 3.85. The van der Waals surface area contributed by atoms with Crippen molar-refractivity contribution in [3.05, 3.63) is 38.2 Å². The van der Waals surface area contributed by atoms with Crippen LogP contribution in [0.25, 0.3) is 0 Å². The topological polar surface area (TPSA) is 73.8 Å². The van der Waals surface area contributed by atoms with Crippen molar-refractivity contribution in [3.8, 4) is 11.5 Å². The minimum Gasteiger partial charge on any atom is -0.503 e. The number of anilines is 1. The maximum Gasteiger partial charge on any atom is 0.256 e. The van der Waals surface area contributed by atoms with E-state index in [9.17, 15) is 9.90 Å². The molecule has 0 fully saturated rings. The van der Waals surface area contributed by atoms with Crippen LogP contribution in [0.4, 0.5) is 5.00 Å². The third kappa shape index (κ3) is 3.30. The standard InChI is InChI=1S/C19H22BrN3O3S/c1-3-23-6-5-11-14(9-23)27-19-15(11)18(25)21-17(22-19)10-7-12(20)16(24)13(8-10)26-4-2/h7-8,17,22,24H,3-6,9H2,1-2H3,(H,21,25)/t17-/m1/s1. The van der Waals surface area contributed by atoms with Crippen molar-refractivity contribution in [2.45, 2.75) is 33.0 Å². The number of carbonyl (C=O) groups excluding carboxylic acids is 1. The number of hydrogen-bond acceptors (Lipinski definition) is 6. The Hall–Kier alpha value is -1.77. The van der Waals surface area contributed by atoms with Crippen molar-refractivity contribution in [2.24, 2.45) is 0 Å². The third-order valence-electron chi connectivity index (χ3n) is 5.05. The number of ether oxygens (including phenoxy) is 1. The number of benzene rings is 1. The highest BCUT2D eigenvalue weighted by Crippen LogP contribution is 2.42. The first-order chi connectivity index (χ1) is 13.0. The average molecular weight is 452 g/mol. The Bertz CT molecular complexity index is 899. The molecule has 0 spiro atoms. The molecule has 3 N–H and O–H groups in total. The number of halogens is 1. The Kier molecular flexibility index (Phi) is 5.05. The molecule has 0 saturated carbocycles. The van der Waals surface area contributed by atoms with E-state index < -0.39 is 0 Å². The fraction of sp³-hybridized carbons (Fsp3) is 0.421. The summed E-state index contributed by atoms with van der Waals surface area (Å²) < 4.78 is 6.05. The molecule has 4 rings (SSSR count). The molecule has 1 aromatic heterocycles. The highest BCUT2D eigenvalue weighted by atomic mass is 79.9. The van der Waals surface area contributed by atoms with E-state index in [-0.39, 0.29) is 17.8 Å². The number of thiophene rings is 1. The number of carbonyl (C=O) groups is 1. The van der Waals surface area contributed by atoms with Gasteiger partial charge < -0.3 is 20.5 Å². The van der Waals surface area contributed by atoms with Gasteiger partial charge in [-0.1, -0.05) is 6.92 Å². The van der Waals surface area contributed by atoms with E-state index in [1.165, 1.54) is 10.4 Å². The molecule has 0 radical (unpaired) electrons. The molecule has 2 aromatic rings. The van der Waals surface area contributed by atoms with Crippen LogP contribution in [-0.2, 0) is 13.0 Å². The Morgan fingerprint density at radius 1 is 1.37 bits per heavy atom. The number of fused-ring (bicyclic) bond motifs is 3. The van der Waals surface area contributed by atoms with Gasteiger partial charge in [0.15, 0.2) is 11.5 Å². The van der Waals surface area contributed by atoms with Crippen molar-refractivity contribution in [1.29, 1.82) is 0 Å². The molecule has 0 aliphatic carbocycles.